The van der Waals surface area contributed by atoms with E-state index in [1.165, 1.54) is 16.8 Å². The van der Waals surface area contributed by atoms with E-state index in [1.54, 1.807) is 0 Å². The lowest BCUT2D eigenvalue weighted by molar-refractivity contribution is 0.215. The fourth-order valence-electron chi connectivity index (χ4n) is 2.68. The summed E-state index contributed by atoms with van der Waals surface area (Å²) in [5, 5.41) is 9.45. The maximum atomic E-state index is 9.45. The Morgan fingerprint density at radius 2 is 1.89 bits per heavy atom. The Labute approximate surface area is 117 Å². The first-order valence-electron chi connectivity index (χ1n) is 7.21. The molecule has 0 aliphatic heterocycles. The normalized spacial score (nSPS) is 17.4. The van der Waals surface area contributed by atoms with Gasteiger partial charge in [-0.1, -0.05) is 32.9 Å². The van der Waals surface area contributed by atoms with Gasteiger partial charge in [-0.25, -0.2) is 0 Å². The van der Waals surface area contributed by atoms with Gasteiger partial charge in [-0.15, -0.1) is 0 Å². The van der Waals surface area contributed by atoms with E-state index in [0.29, 0.717) is 6.61 Å². The Morgan fingerprint density at radius 3 is 2.32 bits per heavy atom. The Morgan fingerprint density at radius 1 is 1.26 bits per heavy atom. The molecule has 0 heterocycles. The average Bonchev–Trinajstić information content (AvgIpc) is 3.08. The second-order valence-electron chi connectivity index (χ2n) is 7.27. The molecule has 1 aliphatic carbocycles. The fraction of sp³-hybridized carbons (Fsp3) is 0.647. The summed E-state index contributed by atoms with van der Waals surface area (Å²) in [4.78, 5) is 2.30. The monoisotopic (exact) mass is 261 g/mol. The number of anilines is 1. The predicted molar refractivity (Wildman–Crippen MR) is 81.9 cm³/mol. The molecule has 2 heteroatoms. The van der Waals surface area contributed by atoms with Gasteiger partial charge < -0.3 is 10.0 Å². The van der Waals surface area contributed by atoms with Crippen LogP contribution < -0.4 is 4.90 Å². The van der Waals surface area contributed by atoms with Gasteiger partial charge in [0.2, 0.25) is 0 Å². The van der Waals surface area contributed by atoms with E-state index >= 15 is 0 Å². The molecule has 2 nitrogen and oxygen atoms in total. The van der Waals surface area contributed by atoms with Crippen molar-refractivity contribution in [3.8, 4) is 0 Å². The summed E-state index contributed by atoms with van der Waals surface area (Å²) >= 11 is 0. The summed E-state index contributed by atoms with van der Waals surface area (Å²) in [5.41, 5.74) is 4.36. The van der Waals surface area contributed by atoms with Crippen LogP contribution in [0, 0.1) is 12.3 Å². The summed E-state index contributed by atoms with van der Waals surface area (Å²) in [6.07, 6.45) is 2.32. The van der Waals surface area contributed by atoms with Gasteiger partial charge in [-0.05, 0) is 42.4 Å². The molecule has 2 rings (SSSR count). The first-order chi connectivity index (χ1) is 8.77. The van der Waals surface area contributed by atoms with Gasteiger partial charge in [-0.3, -0.25) is 0 Å². The van der Waals surface area contributed by atoms with Crippen LogP contribution in [0.3, 0.4) is 0 Å². The number of rotatable bonds is 4. The third-order valence-electron chi connectivity index (χ3n) is 4.34. The van der Waals surface area contributed by atoms with Crippen molar-refractivity contribution in [3.63, 3.8) is 0 Å². The third-order valence-corrected chi connectivity index (χ3v) is 4.34. The third kappa shape index (κ3) is 3.11. The average molecular weight is 261 g/mol. The summed E-state index contributed by atoms with van der Waals surface area (Å²) in [5.74, 6) is 0. The van der Waals surface area contributed by atoms with Crippen molar-refractivity contribution in [1.29, 1.82) is 0 Å². The maximum Gasteiger partial charge on any atom is 0.0504 e. The summed E-state index contributed by atoms with van der Waals surface area (Å²) in [6, 6.07) is 6.76. The number of aryl methyl sites for hydroxylation is 1. The van der Waals surface area contributed by atoms with E-state index in [9.17, 15) is 5.11 Å². The van der Waals surface area contributed by atoms with Crippen LogP contribution in [0.2, 0.25) is 0 Å². The van der Waals surface area contributed by atoms with Gasteiger partial charge in [-0.2, -0.15) is 0 Å². The van der Waals surface area contributed by atoms with Crippen LogP contribution in [-0.4, -0.2) is 25.3 Å². The largest absolute Gasteiger partial charge is 0.396 e. The van der Waals surface area contributed by atoms with Crippen molar-refractivity contribution < 1.29 is 5.11 Å². The van der Waals surface area contributed by atoms with Crippen molar-refractivity contribution in [2.75, 3.05) is 25.1 Å². The zero-order chi connectivity index (χ0) is 14.3. The molecule has 0 amide bonds. The molecule has 1 aromatic rings. The van der Waals surface area contributed by atoms with Gasteiger partial charge in [0.15, 0.2) is 0 Å². The Kier molecular flexibility index (Phi) is 3.65. The molecule has 1 N–H and O–H groups in total. The highest BCUT2D eigenvalue weighted by molar-refractivity contribution is 5.55. The molecule has 1 saturated carbocycles. The van der Waals surface area contributed by atoms with E-state index in [1.807, 2.05) is 0 Å². The molecule has 0 unspecified atom stereocenters. The highest BCUT2D eigenvalue weighted by Gasteiger charge is 2.42. The Balaban J connectivity index is 2.17. The number of aliphatic hydroxyl groups excluding tert-OH is 1. The highest BCUT2D eigenvalue weighted by Crippen LogP contribution is 2.46. The summed E-state index contributed by atoms with van der Waals surface area (Å²) < 4.78 is 0. The van der Waals surface area contributed by atoms with Crippen LogP contribution >= 0.6 is 0 Å². The zero-order valence-corrected chi connectivity index (χ0v) is 13.0. The van der Waals surface area contributed by atoms with Crippen LogP contribution in [-0.2, 0) is 5.41 Å². The van der Waals surface area contributed by atoms with Crippen LogP contribution in [0.1, 0.15) is 44.7 Å². The van der Waals surface area contributed by atoms with Crippen LogP contribution in [0.4, 0.5) is 5.69 Å². The minimum absolute atomic E-state index is 0.171. The van der Waals surface area contributed by atoms with E-state index in [0.717, 1.165) is 19.4 Å². The molecular weight excluding hydrogens is 234 g/mol. The quantitative estimate of drug-likeness (QED) is 0.896. The van der Waals surface area contributed by atoms with E-state index in [-0.39, 0.29) is 10.8 Å². The minimum Gasteiger partial charge on any atom is -0.396 e. The lowest BCUT2D eigenvalue weighted by atomic mass is 9.86. The minimum atomic E-state index is 0.171. The number of benzene rings is 1. The molecule has 0 spiro atoms. The van der Waals surface area contributed by atoms with E-state index < -0.39 is 0 Å². The molecule has 106 valence electrons. The van der Waals surface area contributed by atoms with Gasteiger partial charge >= 0.3 is 0 Å². The first-order valence-corrected chi connectivity index (χ1v) is 7.21. The molecule has 0 aromatic heterocycles. The highest BCUT2D eigenvalue weighted by atomic mass is 16.3. The van der Waals surface area contributed by atoms with Crippen LogP contribution in [0.5, 0.6) is 0 Å². The van der Waals surface area contributed by atoms with Gasteiger partial charge in [0.25, 0.3) is 0 Å². The molecule has 1 aliphatic rings. The van der Waals surface area contributed by atoms with E-state index in [2.05, 4.69) is 57.8 Å². The summed E-state index contributed by atoms with van der Waals surface area (Å²) in [6.45, 7) is 10.2. The Hall–Kier alpha value is -1.02. The Bertz CT molecular complexity index is 455. The lowest BCUT2D eigenvalue weighted by Gasteiger charge is -2.27. The summed E-state index contributed by atoms with van der Waals surface area (Å²) in [7, 11) is 2.13. The predicted octanol–water partition coefficient (Wildman–Crippen LogP) is 3.50. The van der Waals surface area contributed by atoms with E-state index in [4.69, 9.17) is 0 Å². The van der Waals surface area contributed by atoms with Crippen molar-refractivity contribution in [2.45, 2.75) is 46.0 Å². The number of hydrogen-bond acceptors (Lipinski definition) is 2. The van der Waals surface area contributed by atoms with Gasteiger partial charge in [0, 0.05) is 24.7 Å². The van der Waals surface area contributed by atoms with Crippen molar-refractivity contribution in [1.82, 2.24) is 0 Å². The van der Waals surface area contributed by atoms with Crippen LogP contribution in [0.25, 0.3) is 0 Å². The standard InChI is InChI=1S/C17H27NO/c1-13-10-14(16(2,3)4)6-7-15(13)18(5)11-17(12-19)8-9-17/h6-7,10,19H,8-9,11-12H2,1-5H3. The fourth-order valence-corrected chi connectivity index (χ4v) is 2.68. The lowest BCUT2D eigenvalue weighted by Crippen LogP contribution is -2.29. The molecule has 1 aromatic carbocycles. The maximum absolute atomic E-state index is 9.45. The first kappa shape index (κ1) is 14.4. The van der Waals surface area contributed by atoms with Crippen molar-refractivity contribution in [2.24, 2.45) is 5.41 Å². The zero-order valence-electron chi connectivity index (χ0n) is 13.0. The van der Waals surface area contributed by atoms with Gasteiger partial charge in [0.05, 0.1) is 6.61 Å². The smallest absolute Gasteiger partial charge is 0.0504 e. The molecule has 0 atom stereocenters. The second-order valence-corrected chi connectivity index (χ2v) is 7.27. The SMILES string of the molecule is Cc1cc(C(C)(C)C)ccc1N(C)CC1(CO)CC1. The number of hydrogen-bond donors (Lipinski definition) is 1. The molecule has 19 heavy (non-hydrogen) atoms. The molecule has 0 bridgehead atoms. The molecule has 0 radical (unpaired) electrons. The van der Waals surface area contributed by atoms with Crippen molar-refractivity contribution >= 4 is 5.69 Å². The topological polar surface area (TPSA) is 23.5 Å². The molecule has 0 saturated heterocycles. The number of nitrogens with zero attached hydrogens (tertiary/aromatic N) is 1. The second kappa shape index (κ2) is 4.82. The van der Waals surface area contributed by atoms with Crippen LogP contribution in [0.15, 0.2) is 18.2 Å². The van der Waals surface area contributed by atoms with Crippen molar-refractivity contribution in [3.05, 3.63) is 29.3 Å². The van der Waals surface area contributed by atoms with Gasteiger partial charge in [0.1, 0.15) is 0 Å². The molecular formula is C17H27NO. The number of aliphatic hydroxyl groups is 1. The molecule has 1 fully saturated rings.